The summed E-state index contributed by atoms with van der Waals surface area (Å²) in [6, 6.07) is 1.42. The standard InChI is InChI=1S/C12H17FN2O/c1-9(2)16-10-7-11(13)12(14-8-10)15-5-3-4-6-15/h7-9H,3-6H2,1-2H3. The second-order valence-corrected chi connectivity index (χ2v) is 4.34. The van der Waals surface area contributed by atoms with Crippen molar-refractivity contribution in [2.24, 2.45) is 0 Å². The number of hydrogen-bond acceptors (Lipinski definition) is 3. The second-order valence-electron chi connectivity index (χ2n) is 4.34. The molecule has 0 N–H and O–H groups in total. The van der Waals surface area contributed by atoms with Crippen LogP contribution in [0.3, 0.4) is 0 Å². The van der Waals surface area contributed by atoms with E-state index in [1.54, 1.807) is 6.20 Å². The maximum Gasteiger partial charge on any atom is 0.169 e. The summed E-state index contributed by atoms with van der Waals surface area (Å²) in [6.07, 6.45) is 3.87. The predicted octanol–water partition coefficient (Wildman–Crippen LogP) is 2.61. The molecule has 0 amide bonds. The van der Waals surface area contributed by atoms with Gasteiger partial charge in [0.2, 0.25) is 0 Å². The van der Waals surface area contributed by atoms with Crippen LogP contribution in [0.2, 0.25) is 0 Å². The van der Waals surface area contributed by atoms with Gasteiger partial charge in [0.25, 0.3) is 0 Å². The van der Waals surface area contributed by atoms with Gasteiger partial charge in [-0.2, -0.15) is 0 Å². The Labute approximate surface area is 95.2 Å². The van der Waals surface area contributed by atoms with E-state index in [1.165, 1.54) is 6.07 Å². The van der Waals surface area contributed by atoms with Crippen molar-refractivity contribution < 1.29 is 9.13 Å². The van der Waals surface area contributed by atoms with Crippen LogP contribution < -0.4 is 9.64 Å². The highest BCUT2D eigenvalue weighted by molar-refractivity contribution is 5.43. The summed E-state index contributed by atoms with van der Waals surface area (Å²) in [5, 5.41) is 0. The molecule has 2 heterocycles. The first kappa shape index (κ1) is 11.2. The SMILES string of the molecule is CC(C)Oc1cnc(N2CCCC2)c(F)c1. The van der Waals surface area contributed by atoms with Gasteiger partial charge in [-0.25, -0.2) is 9.37 Å². The first-order valence-electron chi connectivity index (χ1n) is 5.74. The van der Waals surface area contributed by atoms with Crippen LogP contribution >= 0.6 is 0 Å². The van der Waals surface area contributed by atoms with Crippen LogP contribution in [0.1, 0.15) is 26.7 Å². The zero-order valence-electron chi connectivity index (χ0n) is 9.74. The summed E-state index contributed by atoms with van der Waals surface area (Å²) < 4.78 is 19.2. The molecule has 0 bridgehead atoms. The molecule has 4 heteroatoms. The van der Waals surface area contributed by atoms with E-state index in [-0.39, 0.29) is 11.9 Å². The molecule has 0 radical (unpaired) electrons. The fourth-order valence-electron chi connectivity index (χ4n) is 1.91. The van der Waals surface area contributed by atoms with E-state index in [0.29, 0.717) is 11.6 Å². The topological polar surface area (TPSA) is 25.4 Å². The molecule has 0 aliphatic carbocycles. The van der Waals surface area contributed by atoms with Gasteiger partial charge in [-0.05, 0) is 26.7 Å². The summed E-state index contributed by atoms with van der Waals surface area (Å²) in [7, 11) is 0. The van der Waals surface area contributed by atoms with Crippen molar-refractivity contribution in [1.29, 1.82) is 0 Å². The minimum absolute atomic E-state index is 0.0406. The van der Waals surface area contributed by atoms with E-state index >= 15 is 0 Å². The highest BCUT2D eigenvalue weighted by Crippen LogP contribution is 2.24. The lowest BCUT2D eigenvalue weighted by molar-refractivity contribution is 0.240. The molecule has 1 saturated heterocycles. The Balaban J connectivity index is 2.15. The first-order valence-corrected chi connectivity index (χ1v) is 5.74. The number of pyridine rings is 1. The van der Waals surface area contributed by atoms with E-state index in [9.17, 15) is 4.39 Å². The molecule has 0 atom stereocenters. The summed E-state index contributed by atoms with van der Waals surface area (Å²) in [4.78, 5) is 6.12. The Morgan fingerprint density at radius 3 is 2.62 bits per heavy atom. The first-order chi connectivity index (χ1) is 7.66. The summed E-state index contributed by atoms with van der Waals surface area (Å²) in [6.45, 7) is 5.61. The average molecular weight is 224 g/mol. The van der Waals surface area contributed by atoms with Crippen molar-refractivity contribution in [3.63, 3.8) is 0 Å². The maximum absolute atomic E-state index is 13.8. The monoisotopic (exact) mass is 224 g/mol. The largest absolute Gasteiger partial charge is 0.489 e. The fourth-order valence-corrected chi connectivity index (χ4v) is 1.91. The molecule has 16 heavy (non-hydrogen) atoms. The van der Waals surface area contributed by atoms with Crippen LogP contribution in [0, 0.1) is 5.82 Å². The lowest BCUT2D eigenvalue weighted by Crippen LogP contribution is -2.20. The lowest BCUT2D eigenvalue weighted by Gasteiger charge is -2.17. The molecular formula is C12H17FN2O. The number of anilines is 1. The molecule has 1 aliphatic heterocycles. The minimum atomic E-state index is -0.292. The van der Waals surface area contributed by atoms with E-state index < -0.39 is 0 Å². The van der Waals surface area contributed by atoms with Gasteiger partial charge in [-0.1, -0.05) is 0 Å². The Morgan fingerprint density at radius 1 is 1.38 bits per heavy atom. The highest BCUT2D eigenvalue weighted by Gasteiger charge is 2.17. The van der Waals surface area contributed by atoms with Gasteiger partial charge in [-0.15, -0.1) is 0 Å². The van der Waals surface area contributed by atoms with E-state index in [4.69, 9.17) is 4.74 Å². The molecule has 0 spiro atoms. The molecule has 1 aromatic heterocycles. The molecule has 0 saturated carbocycles. The third-order valence-electron chi connectivity index (χ3n) is 2.57. The molecule has 2 rings (SSSR count). The van der Waals surface area contributed by atoms with Gasteiger partial charge in [0, 0.05) is 19.2 Å². The van der Waals surface area contributed by atoms with Gasteiger partial charge in [0.05, 0.1) is 12.3 Å². The van der Waals surface area contributed by atoms with E-state index in [2.05, 4.69) is 4.98 Å². The zero-order chi connectivity index (χ0) is 11.5. The molecule has 0 unspecified atom stereocenters. The number of hydrogen-bond donors (Lipinski definition) is 0. The molecular weight excluding hydrogens is 207 g/mol. The van der Waals surface area contributed by atoms with Crippen molar-refractivity contribution in [2.45, 2.75) is 32.8 Å². The number of rotatable bonds is 3. The third-order valence-corrected chi connectivity index (χ3v) is 2.57. The minimum Gasteiger partial charge on any atom is -0.489 e. The van der Waals surface area contributed by atoms with Crippen molar-refractivity contribution >= 4 is 5.82 Å². The Morgan fingerprint density at radius 2 is 2.06 bits per heavy atom. The van der Waals surface area contributed by atoms with Gasteiger partial charge in [-0.3, -0.25) is 0 Å². The van der Waals surface area contributed by atoms with Crippen LogP contribution in [-0.4, -0.2) is 24.2 Å². The molecule has 1 aromatic rings. The number of ether oxygens (including phenoxy) is 1. The molecule has 1 aliphatic rings. The molecule has 88 valence electrons. The predicted molar refractivity (Wildman–Crippen MR) is 61.4 cm³/mol. The van der Waals surface area contributed by atoms with Crippen LogP contribution in [0.4, 0.5) is 10.2 Å². The maximum atomic E-state index is 13.8. The van der Waals surface area contributed by atoms with Crippen molar-refractivity contribution in [3.05, 3.63) is 18.1 Å². The Hall–Kier alpha value is -1.32. The number of halogens is 1. The van der Waals surface area contributed by atoms with E-state index in [0.717, 1.165) is 25.9 Å². The average Bonchev–Trinajstić information content (AvgIpc) is 2.69. The van der Waals surface area contributed by atoms with Crippen molar-refractivity contribution in [3.8, 4) is 5.75 Å². The van der Waals surface area contributed by atoms with Gasteiger partial charge < -0.3 is 9.64 Å². The summed E-state index contributed by atoms with van der Waals surface area (Å²) in [5.41, 5.74) is 0. The normalized spacial score (nSPS) is 15.9. The van der Waals surface area contributed by atoms with Gasteiger partial charge in [0.1, 0.15) is 5.75 Å². The smallest absolute Gasteiger partial charge is 0.169 e. The second kappa shape index (κ2) is 4.68. The van der Waals surface area contributed by atoms with Crippen LogP contribution in [0.25, 0.3) is 0 Å². The van der Waals surface area contributed by atoms with Crippen LogP contribution in [0.5, 0.6) is 5.75 Å². The zero-order valence-corrected chi connectivity index (χ0v) is 9.74. The highest BCUT2D eigenvalue weighted by atomic mass is 19.1. The van der Waals surface area contributed by atoms with Crippen molar-refractivity contribution in [1.82, 2.24) is 4.98 Å². The molecule has 3 nitrogen and oxygen atoms in total. The van der Waals surface area contributed by atoms with Gasteiger partial charge >= 0.3 is 0 Å². The lowest BCUT2D eigenvalue weighted by atomic mass is 10.4. The quantitative estimate of drug-likeness (QED) is 0.789. The summed E-state index contributed by atoms with van der Waals surface area (Å²) >= 11 is 0. The summed E-state index contributed by atoms with van der Waals surface area (Å²) in [5.74, 6) is 0.657. The van der Waals surface area contributed by atoms with Crippen LogP contribution in [-0.2, 0) is 0 Å². The fraction of sp³-hybridized carbons (Fsp3) is 0.583. The Kier molecular flexibility index (Phi) is 3.27. The number of aromatic nitrogens is 1. The van der Waals surface area contributed by atoms with E-state index in [1.807, 2.05) is 18.7 Å². The third kappa shape index (κ3) is 2.43. The van der Waals surface area contributed by atoms with Crippen molar-refractivity contribution in [2.75, 3.05) is 18.0 Å². The Bertz CT molecular complexity index is 362. The molecule has 1 fully saturated rings. The molecule has 0 aromatic carbocycles. The van der Waals surface area contributed by atoms with Crippen LogP contribution in [0.15, 0.2) is 12.3 Å². The number of nitrogens with zero attached hydrogens (tertiary/aromatic N) is 2. The van der Waals surface area contributed by atoms with Gasteiger partial charge in [0.15, 0.2) is 11.6 Å².